The van der Waals surface area contributed by atoms with Gasteiger partial charge in [-0.05, 0) is 30.5 Å². The molecule has 1 aromatic carbocycles. The van der Waals surface area contributed by atoms with Crippen LogP contribution >= 0.6 is 23.2 Å². The second-order valence-corrected chi connectivity index (χ2v) is 4.78. The van der Waals surface area contributed by atoms with Crippen LogP contribution in [0.4, 0.5) is 0 Å². The molecule has 0 aromatic heterocycles. The topological polar surface area (TPSA) is 38.3 Å². The van der Waals surface area contributed by atoms with Crippen LogP contribution in [0.5, 0.6) is 0 Å². The Morgan fingerprint density at radius 3 is 2.88 bits per heavy atom. The van der Waals surface area contributed by atoms with E-state index in [-0.39, 0.29) is 12.0 Å². The van der Waals surface area contributed by atoms with Crippen LogP contribution in [0.1, 0.15) is 18.4 Å². The molecule has 0 radical (unpaired) electrons. The van der Waals surface area contributed by atoms with Gasteiger partial charge < -0.3 is 10.1 Å². The molecule has 1 fully saturated rings. The highest BCUT2D eigenvalue weighted by Gasteiger charge is 2.22. The Labute approximate surface area is 110 Å². The summed E-state index contributed by atoms with van der Waals surface area (Å²) in [5.41, 5.74) is 0.922. The summed E-state index contributed by atoms with van der Waals surface area (Å²) in [5, 5.41) is 3.83. The van der Waals surface area contributed by atoms with E-state index in [1.54, 1.807) is 12.1 Å². The van der Waals surface area contributed by atoms with Crippen molar-refractivity contribution in [3.63, 3.8) is 0 Å². The van der Waals surface area contributed by atoms with E-state index in [0.29, 0.717) is 23.2 Å². The van der Waals surface area contributed by atoms with Crippen LogP contribution < -0.4 is 5.32 Å². The van der Waals surface area contributed by atoms with Crippen molar-refractivity contribution in [3.05, 3.63) is 33.8 Å². The number of benzene rings is 1. The van der Waals surface area contributed by atoms with Crippen molar-refractivity contribution >= 4 is 29.1 Å². The number of ether oxygens (including phenoxy) is 1. The predicted molar refractivity (Wildman–Crippen MR) is 67.3 cm³/mol. The maximum absolute atomic E-state index is 11.7. The number of nitrogens with one attached hydrogen (secondary N) is 1. The third kappa shape index (κ3) is 3.35. The van der Waals surface area contributed by atoms with Crippen molar-refractivity contribution in [1.82, 2.24) is 5.32 Å². The fraction of sp³-hybridized carbons (Fsp3) is 0.417. The number of halogens is 2. The quantitative estimate of drug-likeness (QED) is 0.920. The molecular formula is C12H13Cl2NO2. The molecule has 0 bridgehead atoms. The van der Waals surface area contributed by atoms with E-state index in [0.717, 1.165) is 18.4 Å². The molecule has 1 amide bonds. The van der Waals surface area contributed by atoms with Crippen molar-refractivity contribution in [2.75, 3.05) is 6.61 Å². The third-order valence-electron chi connectivity index (χ3n) is 2.67. The molecule has 3 nitrogen and oxygen atoms in total. The average Bonchev–Trinajstić information content (AvgIpc) is 2.84. The van der Waals surface area contributed by atoms with E-state index in [9.17, 15) is 4.79 Å². The predicted octanol–water partition coefficient (Wildman–Crippen LogP) is 2.79. The zero-order valence-electron chi connectivity index (χ0n) is 9.21. The normalized spacial score (nSPS) is 19.3. The van der Waals surface area contributed by atoms with E-state index in [4.69, 9.17) is 27.9 Å². The van der Waals surface area contributed by atoms with Crippen molar-refractivity contribution in [3.8, 4) is 0 Å². The van der Waals surface area contributed by atoms with Gasteiger partial charge in [-0.1, -0.05) is 29.3 Å². The molecule has 2 rings (SSSR count). The summed E-state index contributed by atoms with van der Waals surface area (Å²) < 4.78 is 5.29. The molecule has 1 heterocycles. The standard InChI is InChI=1S/C12H13Cl2NO2/c13-9-4-3-8(6-10(9)14)7-15-12(16)11-2-1-5-17-11/h3-4,6,11H,1-2,5,7H2,(H,15,16)/t11-/m1/s1. The Morgan fingerprint density at radius 2 is 2.24 bits per heavy atom. The highest BCUT2D eigenvalue weighted by molar-refractivity contribution is 6.42. The lowest BCUT2D eigenvalue weighted by atomic mass is 10.2. The van der Waals surface area contributed by atoms with Crippen molar-refractivity contribution in [2.24, 2.45) is 0 Å². The largest absolute Gasteiger partial charge is 0.368 e. The minimum atomic E-state index is -0.294. The number of rotatable bonds is 3. The zero-order valence-corrected chi connectivity index (χ0v) is 10.7. The second-order valence-electron chi connectivity index (χ2n) is 3.97. The first-order chi connectivity index (χ1) is 8.16. The van der Waals surface area contributed by atoms with Crippen LogP contribution in [0.15, 0.2) is 18.2 Å². The van der Waals surface area contributed by atoms with Gasteiger partial charge in [-0.15, -0.1) is 0 Å². The van der Waals surface area contributed by atoms with E-state index in [1.807, 2.05) is 6.07 Å². The molecule has 0 unspecified atom stereocenters. The SMILES string of the molecule is O=C(NCc1ccc(Cl)c(Cl)c1)[C@H]1CCCO1. The van der Waals surface area contributed by atoms with Gasteiger partial charge >= 0.3 is 0 Å². The lowest BCUT2D eigenvalue weighted by Crippen LogP contribution is -2.33. The van der Waals surface area contributed by atoms with Crippen molar-refractivity contribution in [1.29, 1.82) is 0 Å². The Hall–Kier alpha value is -0.770. The van der Waals surface area contributed by atoms with Gasteiger partial charge in [-0.2, -0.15) is 0 Å². The Kier molecular flexibility index (Phi) is 4.26. The van der Waals surface area contributed by atoms with Gasteiger partial charge in [-0.25, -0.2) is 0 Å². The van der Waals surface area contributed by atoms with Gasteiger partial charge in [0.05, 0.1) is 10.0 Å². The Bertz CT molecular complexity index is 417. The lowest BCUT2D eigenvalue weighted by Gasteiger charge is -2.10. The van der Waals surface area contributed by atoms with Gasteiger partial charge in [0.25, 0.3) is 0 Å². The van der Waals surface area contributed by atoms with Crippen LogP contribution in [0.25, 0.3) is 0 Å². The molecule has 1 saturated heterocycles. The molecule has 1 aromatic rings. The minimum Gasteiger partial charge on any atom is -0.368 e. The maximum atomic E-state index is 11.7. The third-order valence-corrected chi connectivity index (χ3v) is 3.41. The van der Waals surface area contributed by atoms with Crippen LogP contribution in [0, 0.1) is 0 Å². The maximum Gasteiger partial charge on any atom is 0.249 e. The van der Waals surface area contributed by atoms with Gasteiger partial charge in [0.15, 0.2) is 0 Å². The first-order valence-electron chi connectivity index (χ1n) is 5.50. The Morgan fingerprint density at radius 1 is 1.41 bits per heavy atom. The molecular weight excluding hydrogens is 261 g/mol. The Balaban J connectivity index is 1.88. The molecule has 17 heavy (non-hydrogen) atoms. The summed E-state index contributed by atoms with van der Waals surface area (Å²) >= 11 is 11.7. The van der Waals surface area contributed by atoms with Crippen molar-refractivity contribution < 1.29 is 9.53 Å². The molecule has 0 spiro atoms. The van der Waals surface area contributed by atoms with Crippen LogP contribution in [-0.4, -0.2) is 18.6 Å². The summed E-state index contributed by atoms with van der Waals surface area (Å²) in [6.07, 6.45) is 1.45. The first kappa shape index (κ1) is 12.7. The van der Waals surface area contributed by atoms with E-state index in [2.05, 4.69) is 5.32 Å². The van der Waals surface area contributed by atoms with Gasteiger partial charge in [-0.3, -0.25) is 4.79 Å². The number of hydrogen-bond acceptors (Lipinski definition) is 2. The van der Waals surface area contributed by atoms with E-state index in [1.165, 1.54) is 0 Å². The van der Waals surface area contributed by atoms with Gasteiger partial charge in [0.2, 0.25) is 5.91 Å². The number of carbonyl (C=O) groups excluding carboxylic acids is 1. The minimum absolute atomic E-state index is 0.0615. The van der Waals surface area contributed by atoms with E-state index >= 15 is 0 Å². The summed E-state index contributed by atoms with van der Waals surface area (Å²) in [6, 6.07) is 5.31. The van der Waals surface area contributed by atoms with E-state index < -0.39 is 0 Å². The summed E-state index contributed by atoms with van der Waals surface area (Å²) in [5.74, 6) is -0.0615. The molecule has 1 N–H and O–H groups in total. The second kappa shape index (κ2) is 5.71. The lowest BCUT2D eigenvalue weighted by molar-refractivity contribution is -0.130. The van der Waals surface area contributed by atoms with Crippen molar-refractivity contribution in [2.45, 2.75) is 25.5 Å². The van der Waals surface area contributed by atoms with Crippen LogP contribution in [0.3, 0.4) is 0 Å². The smallest absolute Gasteiger partial charge is 0.249 e. The van der Waals surface area contributed by atoms with Gasteiger partial charge in [0.1, 0.15) is 6.10 Å². The summed E-state index contributed by atoms with van der Waals surface area (Å²) in [6.45, 7) is 1.11. The first-order valence-corrected chi connectivity index (χ1v) is 6.25. The summed E-state index contributed by atoms with van der Waals surface area (Å²) in [4.78, 5) is 11.7. The number of amides is 1. The van der Waals surface area contributed by atoms with Gasteiger partial charge in [0, 0.05) is 13.2 Å². The highest BCUT2D eigenvalue weighted by atomic mass is 35.5. The number of carbonyl (C=O) groups is 1. The number of hydrogen-bond donors (Lipinski definition) is 1. The highest BCUT2D eigenvalue weighted by Crippen LogP contribution is 2.22. The molecule has 1 aliphatic heterocycles. The monoisotopic (exact) mass is 273 g/mol. The molecule has 92 valence electrons. The summed E-state index contributed by atoms with van der Waals surface area (Å²) in [7, 11) is 0. The van der Waals surface area contributed by atoms with Crippen LogP contribution in [0.2, 0.25) is 10.0 Å². The molecule has 1 aliphatic rings. The average molecular weight is 274 g/mol. The fourth-order valence-electron chi connectivity index (χ4n) is 1.74. The molecule has 0 saturated carbocycles. The zero-order chi connectivity index (χ0) is 12.3. The molecule has 1 atom stereocenters. The molecule has 0 aliphatic carbocycles. The van der Waals surface area contributed by atoms with Crippen LogP contribution in [-0.2, 0) is 16.1 Å². The molecule has 5 heteroatoms. The fourth-order valence-corrected chi connectivity index (χ4v) is 2.06.